The summed E-state index contributed by atoms with van der Waals surface area (Å²) >= 11 is 5.84. The Morgan fingerprint density at radius 1 is 1.35 bits per heavy atom. The standard InChI is InChI=1S/C12H13ClN2O2/c1-8-11(7-16)12(17-2)15(14-8)10-5-3-9(13)4-6-10/h3-6,16H,7H2,1-2H3. The molecule has 0 saturated heterocycles. The van der Waals surface area contributed by atoms with Gasteiger partial charge in [-0.25, -0.2) is 4.68 Å². The molecule has 0 fully saturated rings. The van der Waals surface area contributed by atoms with Gasteiger partial charge in [-0.3, -0.25) is 0 Å². The maximum atomic E-state index is 9.28. The first-order valence-corrected chi connectivity index (χ1v) is 5.54. The van der Waals surface area contributed by atoms with Gasteiger partial charge in [0.25, 0.3) is 0 Å². The van der Waals surface area contributed by atoms with Crippen LogP contribution in [0.25, 0.3) is 5.69 Å². The predicted octanol–water partition coefficient (Wildman–Crippen LogP) is 2.34. The minimum absolute atomic E-state index is 0.0946. The smallest absolute Gasteiger partial charge is 0.222 e. The molecule has 0 aliphatic carbocycles. The minimum atomic E-state index is -0.0946. The molecule has 1 heterocycles. The fourth-order valence-corrected chi connectivity index (χ4v) is 1.81. The number of hydrogen-bond acceptors (Lipinski definition) is 3. The van der Waals surface area contributed by atoms with E-state index in [1.165, 1.54) is 0 Å². The van der Waals surface area contributed by atoms with Crippen LogP contribution in [0.4, 0.5) is 0 Å². The number of halogens is 1. The van der Waals surface area contributed by atoms with Crippen LogP contribution in [0.1, 0.15) is 11.3 Å². The van der Waals surface area contributed by atoms with E-state index in [2.05, 4.69) is 5.10 Å². The molecule has 17 heavy (non-hydrogen) atoms. The number of methoxy groups -OCH3 is 1. The van der Waals surface area contributed by atoms with E-state index in [4.69, 9.17) is 16.3 Å². The Kier molecular flexibility index (Phi) is 3.36. The van der Waals surface area contributed by atoms with Crippen LogP contribution in [0.2, 0.25) is 5.02 Å². The molecular weight excluding hydrogens is 240 g/mol. The average molecular weight is 253 g/mol. The zero-order valence-electron chi connectivity index (χ0n) is 9.64. The third kappa shape index (κ3) is 2.14. The predicted molar refractivity (Wildman–Crippen MR) is 65.8 cm³/mol. The maximum Gasteiger partial charge on any atom is 0.222 e. The SMILES string of the molecule is COc1c(CO)c(C)nn1-c1ccc(Cl)cc1. The van der Waals surface area contributed by atoms with Crippen molar-refractivity contribution in [2.45, 2.75) is 13.5 Å². The van der Waals surface area contributed by atoms with Crippen molar-refractivity contribution in [3.8, 4) is 11.6 Å². The average Bonchev–Trinajstić information content (AvgIpc) is 2.66. The van der Waals surface area contributed by atoms with Gasteiger partial charge in [0, 0.05) is 5.02 Å². The Morgan fingerprint density at radius 3 is 2.53 bits per heavy atom. The largest absolute Gasteiger partial charge is 0.481 e. The highest BCUT2D eigenvalue weighted by molar-refractivity contribution is 6.30. The van der Waals surface area contributed by atoms with Crippen molar-refractivity contribution in [1.82, 2.24) is 9.78 Å². The van der Waals surface area contributed by atoms with Crippen LogP contribution in [0.5, 0.6) is 5.88 Å². The number of aliphatic hydroxyl groups is 1. The number of benzene rings is 1. The van der Waals surface area contributed by atoms with Crippen molar-refractivity contribution in [3.05, 3.63) is 40.5 Å². The lowest BCUT2D eigenvalue weighted by molar-refractivity contribution is 0.271. The molecule has 0 aliphatic heterocycles. The molecule has 0 unspecified atom stereocenters. The molecule has 0 radical (unpaired) electrons. The van der Waals surface area contributed by atoms with Crippen molar-refractivity contribution in [2.75, 3.05) is 7.11 Å². The van der Waals surface area contributed by atoms with E-state index in [-0.39, 0.29) is 6.61 Å². The summed E-state index contributed by atoms with van der Waals surface area (Å²) in [6.45, 7) is 1.74. The normalized spacial score (nSPS) is 10.6. The highest BCUT2D eigenvalue weighted by Crippen LogP contribution is 2.26. The fraction of sp³-hybridized carbons (Fsp3) is 0.250. The molecule has 1 aromatic heterocycles. The van der Waals surface area contributed by atoms with E-state index in [1.807, 2.05) is 19.1 Å². The number of nitrogens with zero attached hydrogens (tertiary/aromatic N) is 2. The summed E-state index contributed by atoms with van der Waals surface area (Å²) in [7, 11) is 1.56. The summed E-state index contributed by atoms with van der Waals surface area (Å²) in [5, 5.41) is 14.3. The molecule has 0 saturated carbocycles. The summed E-state index contributed by atoms with van der Waals surface area (Å²) in [6, 6.07) is 7.26. The second-order valence-electron chi connectivity index (χ2n) is 3.62. The molecule has 2 aromatic rings. The highest BCUT2D eigenvalue weighted by Gasteiger charge is 2.15. The van der Waals surface area contributed by atoms with Crippen molar-refractivity contribution in [2.24, 2.45) is 0 Å². The number of aliphatic hydroxyl groups excluding tert-OH is 1. The van der Waals surface area contributed by atoms with E-state index < -0.39 is 0 Å². The first-order chi connectivity index (χ1) is 8.17. The van der Waals surface area contributed by atoms with Crippen molar-refractivity contribution < 1.29 is 9.84 Å². The van der Waals surface area contributed by atoms with Crippen molar-refractivity contribution in [3.63, 3.8) is 0 Å². The van der Waals surface area contributed by atoms with Crippen molar-refractivity contribution in [1.29, 1.82) is 0 Å². The van der Waals surface area contributed by atoms with Crippen LogP contribution in [0.3, 0.4) is 0 Å². The lowest BCUT2D eigenvalue weighted by Crippen LogP contribution is -2.00. The first-order valence-electron chi connectivity index (χ1n) is 5.16. The molecule has 0 atom stereocenters. The van der Waals surface area contributed by atoms with Crippen LogP contribution in [0.15, 0.2) is 24.3 Å². The van der Waals surface area contributed by atoms with E-state index in [9.17, 15) is 5.11 Å². The molecular formula is C12H13ClN2O2. The van der Waals surface area contributed by atoms with E-state index in [0.29, 0.717) is 16.5 Å². The van der Waals surface area contributed by atoms with Gasteiger partial charge in [0.1, 0.15) is 0 Å². The van der Waals surface area contributed by atoms with Gasteiger partial charge in [0.15, 0.2) is 0 Å². The quantitative estimate of drug-likeness (QED) is 0.912. The lowest BCUT2D eigenvalue weighted by Gasteiger charge is -2.07. The summed E-state index contributed by atoms with van der Waals surface area (Å²) in [5.41, 5.74) is 2.29. The Hall–Kier alpha value is -1.52. The van der Waals surface area contributed by atoms with Gasteiger partial charge in [-0.1, -0.05) is 11.6 Å². The zero-order valence-corrected chi connectivity index (χ0v) is 10.4. The Bertz CT molecular complexity index is 520. The molecule has 0 spiro atoms. The molecule has 0 bridgehead atoms. The molecule has 0 amide bonds. The number of aryl methyl sites for hydroxylation is 1. The molecule has 1 N–H and O–H groups in total. The van der Waals surface area contributed by atoms with Crippen LogP contribution in [-0.2, 0) is 6.61 Å². The molecule has 5 heteroatoms. The monoisotopic (exact) mass is 252 g/mol. The number of hydrogen-bond donors (Lipinski definition) is 1. The van der Waals surface area contributed by atoms with E-state index in [1.54, 1.807) is 23.9 Å². The van der Waals surface area contributed by atoms with Gasteiger partial charge in [-0.15, -0.1) is 0 Å². The number of ether oxygens (including phenoxy) is 1. The highest BCUT2D eigenvalue weighted by atomic mass is 35.5. The van der Waals surface area contributed by atoms with Crippen LogP contribution >= 0.6 is 11.6 Å². The summed E-state index contributed by atoms with van der Waals surface area (Å²) in [4.78, 5) is 0. The zero-order chi connectivity index (χ0) is 12.4. The first kappa shape index (κ1) is 12.0. The van der Waals surface area contributed by atoms with Crippen LogP contribution in [-0.4, -0.2) is 22.0 Å². The molecule has 4 nitrogen and oxygen atoms in total. The van der Waals surface area contributed by atoms with Gasteiger partial charge in [-0.2, -0.15) is 5.10 Å². The third-order valence-corrected chi connectivity index (χ3v) is 2.81. The molecule has 1 aromatic carbocycles. The van der Waals surface area contributed by atoms with Crippen LogP contribution in [0, 0.1) is 6.92 Å². The summed E-state index contributed by atoms with van der Waals surface area (Å²) < 4.78 is 6.93. The van der Waals surface area contributed by atoms with Gasteiger partial charge in [-0.05, 0) is 31.2 Å². The Labute approximate surface area is 104 Å². The maximum absolute atomic E-state index is 9.28. The van der Waals surface area contributed by atoms with Crippen molar-refractivity contribution >= 4 is 11.6 Å². The fourth-order valence-electron chi connectivity index (χ4n) is 1.69. The van der Waals surface area contributed by atoms with E-state index >= 15 is 0 Å². The van der Waals surface area contributed by atoms with Gasteiger partial charge >= 0.3 is 0 Å². The van der Waals surface area contributed by atoms with Gasteiger partial charge in [0.05, 0.1) is 30.7 Å². The molecule has 2 rings (SSSR count). The third-order valence-electron chi connectivity index (χ3n) is 2.56. The Morgan fingerprint density at radius 2 is 2.00 bits per heavy atom. The second-order valence-corrected chi connectivity index (χ2v) is 4.06. The number of rotatable bonds is 3. The minimum Gasteiger partial charge on any atom is -0.481 e. The van der Waals surface area contributed by atoms with Gasteiger partial charge in [0.2, 0.25) is 5.88 Å². The molecule has 90 valence electrons. The Balaban J connectivity index is 2.55. The van der Waals surface area contributed by atoms with Crippen LogP contribution < -0.4 is 4.74 Å². The topological polar surface area (TPSA) is 47.3 Å². The summed E-state index contributed by atoms with van der Waals surface area (Å²) in [6.07, 6.45) is 0. The number of aromatic nitrogens is 2. The lowest BCUT2D eigenvalue weighted by atomic mass is 10.2. The summed E-state index contributed by atoms with van der Waals surface area (Å²) in [5.74, 6) is 0.548. The second kappa shape index (κ2) is 4.77. The molecule has 0 aliphatic rings. The van der Waals surface area contributed by atoms with Gasteiger partial charge < -0.3 is 9.84 Å². The van der Waals surface area contributed by atoms with E-state index in [0.717, 1.165) is 11.4 Å².